The van der Waals surface area contributed by atoms with Gasteiger partial charge in [0.15, 0.2) is 0 Å². The van der Waals surface area contributed by atoms with Crippen molar-refractivity contribution >= 4 is 5.97 Å². The Balaban J connectivity index is 2.14. The highest BCUT2D eigenvalue weighted by molar-refractivity contribution is 5.66. The molecule has 1 rings (SSSR count). The van der Waals surface area contributed by atoms with Gasteiger partial charge in [-0.1, -0.05) is 30.3 Å². The topological polar surface area (TPSA) is 46.5 Å². The monoisotopic (exact) mass is 206 g/mol. The van der Waals surface area contributed by atoms with Crippen molar-refractivity contribution < 1.29 is 14.6 Å². The second-order valence-corrected chi connectivity index (χ2v) is 3.10. The van der Waals surface area contributed by atoms with Gasteiger partial charge in [0.2, 0.25) is 0 Å². The first-order chi connectivity index (χ1) is 7.29. The van der Waals surface area contributed by atoms with Gasteiger partial charge in [0.25, 0.3) is 0 Å². The van der Waals surface area contributed by atoms with Crippen molar-refractivity contribution in [1.82, 2.24) is 0 Å². The first-order valence-corrected chi connectivity index (χ1v) is 4.81. The first kappa shape index (κ1) is 11.3. The summed E-state index contributed by atoms with van der Waals surface area (Å²) in [6.07, 6.45) is 3.92. The summed E-state index contributed by atoms with van der Waals surface area (Å²) in [6, 6.07) is 9.81. The number of benzene rings is 1. The maximum absolute atomic E-state index is 10.2. The maximum atomic E-state index is 10.2. The van der Waals surface area contributed by atoms with Crippen LogP contribution in [0, 0.1) is 0 Å². The van der Waals surface area contributed by atoms with Crippen molar-refractivity contribution in [3.63, 3.8) is 0 Å². The molecule has 3 heteroatoms. The second-order valence-electron chi connectivity index (χ2n) is 3.10. The molecule has 0 unspecified atom stereocenters. The second kappa shape index (κ2) is 6.65. The number of carboxylic acids is 1. The van der Waals surface area contributed by atoms with E-state index in [-0.39, 0.29) is 6.42 Å². The third-order valence-electron chi connectivity index (χ3n) is 1.81. The van der Waals surface area contributed by atoms with Crippen LogP contribution >= 0.6 is 0 Å². The van der Waals surface area contributed by atoms with E-state index in [0.717, 1.165) is 5.56 Å². The molecule has 0 saturated carbocycles. The lowest BCUT2D eigenvalue weighted by molar-refractivity contribution is -0.136. The Morgan fingerprint density at radius 1 is 1.33 bits per heavy atom. The minimum absolute atomic E-state index is 0.144. The lowest BCUT2D eigenvalue weighted by Gasteiger charge is -1.99. The zero-order valence-electron chi connectivity index (χ0n) is 8.43. The predicted octanol–water partition coefficient (Wildman–Crippen LogP) is 2.58. The van der Waals surface area contributed by atoms with E-state index in [1.807, 2.05) is 30.3 Å². The summed E-state index contributed by atoms with van der Waals surface area (Å²) in [7, 11) is 0. The lowest BCUT2D eigenvalue weighted by atomic mass is 10.2. The van der Waals surface area contributed by atoms with E-state index in [1.54, 1.807) is 12.3 Å². The molecule has 0 aliphatic carbocycles. The molecule has 0 aliphatic rings. The summed E-state index contributed by atoms with van der Waals surface area (Å²) in [5.74, 6) is -0.789. The van der Waals surface area contributed by atoms with E-state index < -0.39 is 5.97 Å². The molecule has 0 radical (unpaired) electrons. The van der Waals surface area contributed by atoms with Crippen LogP contribution in [0.3, 0.4) is 0 Å². The Morgan fingerprint density at radius 2 is 2.07 bits per heavy atom. The minimum atomic E-state index is -0.789. The number of aliphatic carboxylic acids is 1. The number of ether oxygens (including phenoxy) is 1. The Morgan fingerprint density at radius 3 is 2.73 bits per heavy atom. The van der Waals surface area contributed by atoms with E-state index in [1.165, 1.54) is 0 Å². The summed E-state index contributed by atoms with van der Waals surface area (Å²) >= 11 is 0. The molecule has 0 spiro atoms. The van der Waals surface area contributed by atoms with Gasteiger partial charge >= 0.3 is 5.97 Å². The van der Waals surface area contributed by atoms with Crippen molar-refractivity contribution in [2.75, 3.05) is 0 Å². The number of allylic oxidation sites excluding steroid dienone is 1. The van der Waals surface area contributed by atoms with Gasteiger partial charge in [-0.25, -0.2) is 0 Å². The molecule has 1 aromatic carbocycles. The minimum Gasteiger partial charge on any atom is -0.497 e. The summed E-state index contributed by atoms with van der Waals surface area (Å²) in [5, 5.41) is 8.37. The Hall–Kier alpha value is -1.77. The zero-order valence-corrected chi connectivity index (χ0v) is 8.43. The van der Waals surface area contributed by atoms with E-state index in [9.17, 15) is 4.79 Å². The van der Waals surface area contributed by atoms with Crippen LogP contribution in [0.2, 0.25) is 0 Å². The summed E-state index contributed by atoms with van der Waals surface area (Å²) in [6.45, 7) is 0.518. The first-order valence-electron chi connectivity index (χ1n) is 4.81. The van der Waals surface area contributed by atoms with Gasteiger partial charge in [0, 0.05) is 6.42 Å². The molecule has 0 aliphatic heterocycles. The highest BCUT2D eigenvalue weighted by atomic mass is 16.5. The molecule has 1 N–H and O–H groups in total. The Bertz CT molecular complexity index is 317. The molecule has 1 aromatic rings. The van der Waals surface area contributed by atoms with Crippen LogP contribution < -0.4 is 0 Å². The smallest absolute Gasteiger partial charge is 0.303 e. The number of carbonyl (C=O) groups is 1. The van der Waals surface area contributed by atoms with Crippen LogP contribution in [0.4, 0.5) is 0 Å². The van der Waals surface area contributed by atoms with Gasteiger partial charge in [-0.3, -0.25) is 4.79 Å². The molecule has 80 valence electrons. The molecular formula is C12H14O3. The molecule has 0 aromatic heterocycles. The van der Waals surface area contributed by atoms with Crippen molar-refractivity contribution in [2.45, 2.75) is 19.4 Å². The molecule has 3 nitrogen and oxygen atoms in total. The van der Waals surface area contributed by atoms with Crippen molar-refractivity contribution in [1.29, 1.82) is 0 Å². The fourth-order valence-electron chi connectivity index (χ4n) is 1.06. The van der Waals surface area contributed by atoms with Gasteiger partial charge in [-0.2, -0.15) is 0 Å². The average molecular weight is 206 g/mol. The van der Waals surface area contributed by atoms with Gasteiger partial charge in [-0.15, -0.1) is 0 Å². The van der Waals surface area contributed by atoms with Crippen molar-refractivity contribution in [3.05, 3.63) is 48.2 Å². The van der Waals surface area contributed by atoms with Crippen LogP contribution in [0.15, 0.2) is 42.7 Å². The number of carboxylic acid groups (broad SMARTS) is 1. The molecule has 0 heterocycles. The van der Waals surface area contributed by atoms with Gasteiger partial charge in [-0.05, 0) is 18.1 Å². The van der Waals surface area contributed by atoms with Gasteiger partial charge in [0.05, 0.1) is 6.26 Å². The number of hydrogen-bond donors (Lipinski definition) is 1. The molecule has 0 saturated heterocycles. The maximum Gasteiger partial charge on any atom is 0.303 e. The summed E-state index contributed by atoms with van der Waals surface area (Å²) in [5.41, 5.74) is 1.10. The molecule has 0 amide bonds. The van der Waals surface area contributed by atoms with Gasteiger partial charge in [0.1, 0.15) is 6.61 Å². The quantitative estimate of drug-likeness (QED) is 0.727. The lowest BCUT2D eigenvalue weighted by Crippen LogP contribution is -1.92. The third kappa shape index (κ3) is 5.52. The fourth-order valence-corrected chi connectivity index (χ4v) is 1.06. The highest BCUT2D eigenvalue weighted by Crippen LogP contribution is 2.01. The van der Waals surface area contributed by atoms with E-state index in [2.05, 4.69) is 0 Å². The summed E-state index contributed by atoms with van der Waals surface area (Å²) in [4.78, 5) is 10.2. The van der Waals surface area contributed by atoms with Crippen LogP contribution in [0.1, 0.15) is 18.4 Å². The zero-order chi connectivity index (χ0) is 10.9. The molecule has 0 atom stereocenters. The standard InChI is InChI=1S/C12H14O3/c13-12(14)8-4-5-9-15-10-11-6-2-1-3-7-11/h1-3,5-7,9H,4,8,10H2,(H,13,14)/b9-5+. The molecule has 0 bridgehead atoms. The molecule has 15 heavy (non-hydrogen) atoms. The summed E-state index contributed by atoms with van der Waals surface area (Å²) < 4.78 is 5.23. The predicted molar refractivity (Wildman–Crippen MR) is 57.2 cm³/mol. The van der Waals surface area contributed by atoms with E-state index >= 15 is 0 Å². The van der Waals surface area contributed by atoms with Crippen molar-refractivity contribution in [2.24, 2.45) is 0 Å². The normalized spacial score (nSPS) is 10.4. The molecular weight excluding hydrogens is 192 g/mol. The Labute approximate surface area is 89.0 Å². The van der Waals surface area contributed by atoms with E-state index in [0.29, 0.717) is 13.0 Å². The van der Waals surface area contributed by atoms with Crippen LogP contribution in [-0.2, 0) is 16.1 Å². The van der Waals surface area contributed by atoms with Crippen molar-refractivity contribution in [3.8, 4) is 0 Å². The largest absolute Gasteiger partial charge is 0.497 e. The fraction of sp³-hybridized carbons (Fsp3) is 0.250. The average Bonchev–Trinajstić information content (AvgIpc) is 2.24. The number of hydrogen-bond acceptors (Lipinski definition) is 2. The third-order valence-corrected chi connectivity index (χ3v) is 1.81. The van der Waals surface area contributed by atoms with E-state index in [4.69, 9.17) is 9.84 Å². The highest BCUT2D eigenvalue weighted by Gasteiger charge is 1.92. The van der Waals surface area contributed by atoms with Gasteiger partial charge < -0.3 is 9.84 Å². The SMILES string of the molecule is O=C(O)CC/C=C/OCc1ccccc1. The Kier molecular flexibility index (Phi) is 5.01. The number of rotatable bonds is 6. The van der Waals surface area contributed by atoms with Crippen LogP contribution in [0.25, 0.3) is 0 Å². The van der Waals surface area contributed by atoms with Crippen LogP contribution in [0.5, 0.6) is 0 Å². The van der Waals surface area contributed by atoms with Crippen LogP contribution in [-0.4, -0.2) is 11.1 Å². The molecule has 0 fully saturated rings.